The van der Waals surface area contributed by atoms with Gasteiger partial charge in [0.1, 0.15) is 12.6 Å². The second kappa shape index (κ2) is 10.3. The Morgan fingerprint density at radius 1 is 1.06 bits per heavy atom. The van der Waals surface area contributed by atoms with Crippen LogP contribution in [0, 0.1) is 0 Å². The van der Waals surface area contributed by atoms with E-state index in [0.29, 0.717) is 19.3 Å². The Kier molecular flexibility index (Phi) is 7.20. The van der Waals surface area contributed by atoms with Crippen molar-refractivity contribution in [2.24, 2.45) is 0 Å². The summed E-state index contributed by atoms with van der Waals surface area (Å²) in [5.41, 5.74) is 3.92. The average molecular weight is 465 g/mol. The van der Waals surface area contributed by atoms with E-state index in [2.05, 4.69) is 34.9 Å². The number of benzene rings is 2. The van der Waals surface area contributed by atoms with Gasteiger partial charge < -0.3 is 20.5 Å². The van der Waals surface area contributed by atoms with Gasteiger partial charge in [0.25, 0.3) is 0 Å². The molecular weight excluding hydrogens is 432 g/mol. The van der Waals surface area contributed by atoms with Crippen LogP contribution in [0.3, 0.4) is 0 Å². The Morgan fingerprint density at radius 2 is 1.68 bits per heavy atom. The lowest BCUT2D eigenvalue weighted by Gasteiger charge is -2.41. The van der Waals surface area contributed by atoms with Crippen LogP contribution < -0.4 is 10.6 Å². The largest absolute Gasteiger partial charge is 0.480 e. The van der Waals surface area contributed by atoms with Crippen LogP contribution in [0.1, 0.15) is 68.9 Å². The fourth-order valence-corrected chi connectivity index (χ4v) is 5.02. The number of rotatable bonds is 10. The third-order valence-corrected chi connectivity index (χ3v) is 7.00. The number of nitrogens with one attached hydrogen (secondary N) is 2. The molecule has 4 rings (SSSR count). The Morgan fingerprint density at radius 3 is 2.21 bits per heavy atom. The van der Waals surface area contributed by atoms with Crippen molar-refractivity contribution in [2.75, 3.05) is 6.61 Å². The first-order valence-electron chi connectivity index (χ1n) is 12.1. The summed E-state index contributed by atoms with van der Waals surface area (Å²) in [5, 5.41) is 14.9. The van der Waals surface area contributed by atoms with Crippen molar-refractivity contribution in [1.29, 1.82) is 0 Å². The lowest BCUT2D eigenvalue weighted by molar-refractivity contribution is -0.142. The van der Waals surface area contributed by atoms with Crippen LogP contribution in [-0.4, -0.2) is 41.3 Å². The first-order valence-corrected chi connectivity index (χ1v) is 12.1. The van der Waals surface area contributed by atoms with Crippen LogP contribution >= 0.6 is 0 Å². The number of aliphatic carboxylic acids is 1. The van der Waals surface area contributed by atoms with E-state index in [9.17, 15) is 19.5 Å². The Bertz CT molecular complexity index is 1020. The molecule has 1 atom stereocenters. The molecule has 2 aliphatic rings. The summed E-state index contributed by atoms with van der Waals surface area (Å²) < 4.78 is 5.65. The topological polar surface area (TPSA) is 105 Å². The predicted molar refractivity (Wildman–Crippen MR) is 128 cm³/mol. The van der Waals surface area contributed by atoms with Gasteiger partial charge in [0.05, 0.1) is 5.54 Å². The number of amides is 2. The first kappa shape index (κ1) is 23.8. The Labute approximate surface area is 199 Å². The summed E-state index contributed by atoms with van der Waals surface area (Å²) in [6.07, 6.45) is 3.70. The number of hydrogen-bond acceptors (Lipinski definition) is 4. The molecule has 0 heterocycles. The molecule has 0 unspecified atom stereocenters. The quantitative estimate of drug-likeness (QED) is 0.477. The fraction of sp³-hybridized carbons (Fsp3) is 0.444. The van der Waals surface area contributed by atoms with Crippen LogP contribution in [-0.2, 0) is 14.3 Å². The molecule has 1 fully saturated rings. The molecule has 0 spiro atoms. The molecular formula is C27H32N2O5. The molecule has 2 aromatic rings. The van der Waals surface area contributed by atoms with Gasteiger partial charge in [-0.25, -0.2) is 9.59 Å². The maximum Gasteiger partial charge on any atom is 0.407 e. The summed E-state index contributed by atoms with van der Waals surface area (Å²) in [4.78, 5) is 36.8. The number of alkyl carbamates (subject to hydrolysis) is 1. The highest BCUT2D eigenvalue weighted by Crippen LogP contribution is 2.44. The predicted octanol–water partition coefficient (Wildman–Crippen LogP) is 4.60. The van der Waals surface area contributed by atoms with Crippen molar-refractivity contribution in [3.63, 3.8) is 0 Å². The summed E-state index contributed by atoms with van der Waals surface area (Å²) in [7, 11) is 0. The minimum Gasteiger partial charge on any atom is -0.480 e. The van der Waals surface area contributed by atoms with Crippen LogP contribution in [0.5, 0.6) is 0 Å². The van der Waals surface area contributed by atoms with Crippen molar-refractivity contribution >= 4 is 18.0 Å². The zero-order chi connectivity index (χ0) is 24.1. The van der Waals surface area contributed by atoms with Gasteiger partial charge in [0.15, 0.2) is 0 Å². The van der Waals surface area contributed by atoms with Crippen molar-refractivity contribution < 1.29 is 24.2 Å². The first-order chi connectivity index (χ1) is 16.4. The summed E-state index contributed by atoms with van der Waals surface area (Å²) >= 11 is 0. The molecule has 34 heavy (non-hydrogen) atoms. The lowest BCUT2D eigenvalue weighted by atomic mass is 9.74. The number of carboxylic acid groups (broad SMARTS) is 1. The number of carboxylic acids is 1. The molecule has 0 bridgehead atoms. The van der Waals surface area contributed by atoms with E-state index < -0.39 is 23.6 Å². The summed E-state index contributed by atoms with van der Waals surface area (Å²) in [6, 6.07) is 15.4. The molecule has 2 amide bonds. The van der Waals surface area contributed by atoms with E-state index in [1.165, 1.54) is 0 Å². The monoisotopic (exact) mass is 464 g/mol. The number of hydrogen-bond donors (Lipinski definition) is 3. The van der Waals surface area contributed by atoms with Gasteiger partial charge in [-0.2, -0.15) is 0 Å². The van der Waals surface area contributed by atoms with Gasteiger partial charge in [-0.1, -0.05) is 68.3 Å². The molecule has 0 saturated heterocycles. The number of fused-ring (bicyclic) bond motifs is 3. The molecule has 0 aromatic heterocycles. The maximum atomic E-state index is 12.7. The van der Waals surface area contributed by atoms with Crippen molar-refractivity contribution in [3.8, 4) is 11.1 Å². The van der Waals surface area contributed by atoms with E-state index in [0.717, 1.165) is 41.5 Å². The van der Waals surface area contributed by atoms with Crippen LogP contribution in [0.2, 0.25) is 0 Å². The molecule has 3 N–H and O–H groups in total. The summed E-state index contributed by atoms with van der Waals surface area (Å²) in [6.45, 7) is 2.18. The number of unbranched alkanes of at least 4 members (excludes halogenated alkanes) is 1. The second-order valence-electron chi connectivity index (χ2n) is 9.36. The van der Waals surface area contributed by atoms with Crippen LogP contribution in [0.4, 0.5) is 4.79 Å². The van der Waals surface area contributed by atoms with Crippen molar-refractivity contribution in [3.05, 3.63) is 59.7 Å². The third-order valence-electron chi connectivity index (χ3n) is 7.00. The molecule has 1 saturated carbocycles. The molecule has 7 heteroatoms. The number of carbonyl (C=O) groups is 3. The highest BCUT2D eigenvalue weighted by molar-refractivity contribution is 5.85. The summed E-state index contributed by atoms with van der Waals surface area (Å²) in [5.74, 6) is -1.43. The SMILES string of the molecule is CCCC[C@H](NC(=O)CC1(NC(=O)OCC2c3ccccc3-c3ccccc32)CCC1)C(=O)O. The highest BCUT2D eigenvalue weighted by atomic mass is 16.5. The third kappa shape index (κ3) is 5.08. The second-order valence-corrected chi connectivity index (χ2v) is 9.36. The van der Waals surface area contributed by atoms with E-state index >= 15 is 0 Å². The van der Waals surface area contributed by atoms with Gasteiger partial charge in [-0.05, 0) is 47.9 Å². The van der Waals surface area contributed by atoms with E-state index in [1.54, 1.807) is 0 Å². The Balaban J connectivity index is 1.35. The fourth-order valence-electron chi connectivity index (χ4n) is 5.02. The van der Waals surface area contributed by atoms with Gasteiger partial charge in [0.2, 0.25) is 5.91 Å². The number of carbonyl (C=O) groups excluding carboxylic acids is 2. The van der Waals surface area contributed by atoms with Crippen LogP contribution in [0.15, 0.2) is 48.5 Å². The average Bonchev–Trinajstić information content (AvgIpc) is 3.12. The van der Waals surface area contributed by atoms with Gasteiger partial charge in [-0.15, -0.1) is 0 Å². The van der Waals surface area contributed by atoms with E-state index in [4.69, 9.17) is 4.74 Å². The van der Waals surface area contributed by atoms with E-state index in [-0.39, 0.29) is 24.9 Å². The standard InChI is InChI=1S/C27H32N2O5/c1-2-3-13-23(25(31)32)28-24(30)16-27(14-8-15-27)29-26(33)34-17-22-20-11-6-4-9-18(20)19-10-5-7-12-21(19)22/h4-7,9-12,22-23H,2-3,8,13-17H2,1H3,(H,28,30)(H,29,33)(H,31,32)/t23-/m0/s1. The molecule has 2 aliphatic carbocycles. The van der Waals surface area contributed by atoms with Gasteiger partial charge in [0, 0.05) is 12.3 Å². The zero-order valence-electron chi connectivity index (χ0n) is 19.5. The smallest absolute Gasteiger partial charge is 0.407 e. The van der Waals surface area contributed by atoms with E-state index in [1.807, 2.05) is 31.2 Å². The molecule has 180 valence electrons. The minimum absolute atomic E-state index is 0.0336. The van der Waals surface area contributed by atoms with Gasteiger partial charge >= 0.3 is 12.1 Å². The van der Waals surface area contributed by atoms with Crippen molar-refractivity contribution in [2.45, 2.75) is 69.4 Å². The zero-order valence-corrected chi connectivity index (χ0v) is 19.5. The lowest BCUT2D eigenvalue weighted by Crippen LogP contribution is -2.57. The molecule has 2 aromatic carbocycles. The van der Waals surface area contributed by atoms with Crippen molar-refractivity contribution in [1.82, 2.24) is 10.6 Å². The highest BCUT2D eigenvalue weighted by Gasteiger charge is 2.41. The molecule has 0 aliphatic heterocycles. The maximum absolute atomic E-state index is 12.7. The molecule has 0 radical (unpaired) electrons. The Hall–Kier alpha value is -3.35. The minimum atomic E-state index is -1.03. The normalized spacial score (nSPS) is 16.5. The molecule has 7 nitrogen and oxygen atoms in total. The van der Waals surface area contributed by atoms with Gasteiger partial charge in [-0.3, -0.25) is 4.79 Å². The number of ether oxygens (including phenoxy) is 1. The van der Waals surface area contributed by atoms with Crippen LogP contribution in [0.25, 0.3) is 11.1 Å².